The normalized spacial score (nSPS) is 16.1. The molecule has 1 aromatic carbocycles. The van der Waals surface area contributed by atoms with Crippen molar-refractivity contribution in [2.75, 3.05) is 11.9 Å². The summed E-state index contributed by atoms with van der Waals surface area (Å²) in [6, 6.07) is 3.04. The molecule has 1 aromatic rings. The fourth-order valence-electron chi connectivity index (χ4n) is 1.69. The Balaban J connectivity index is 2.16. The van der Waals surface area contributed by atoms with Gasteiger partial charge < -0.3 is 10.4 Å². The Morgan fingerprint density at radius 3 is 2.72 bits per heavy atom. The molecular weight excluding hydrogens is 243 g/mol. The Morgan fingerprint density at radius 2 is 2.22 bits per heavy atom. The van der Waals surface area contributed by atoms with Gasteiger partial charge in [0.15, 0.2) is 0 Å². The Kier molecular flexibility index (Phi) is 2.90. The van der Waals surface area contributed by atoms with Crippen molar-refractivity contribution in [2.24, 2.45) is 5.41 Å². The number of anilines is 1. The number of hydrogen-bond donors (Lipinski definition) is 2. The van der Waals surface area contributed by atoms with Crippen LogP contribution in [0.4, 0.5) is 15.8 Å². The van der Waals surface area contributed by atoms with Crippen molar-refractivity contribution in [3.63, 3.8) is 0 Å². The first-order chi connectivity index (χ1) is 8.44. The van der Waals surface area contributed by atoms with Crippen LogP contribution in [0, 0.1) is 21.3 Å². The molecule has 1 saturated carbocycles. The minimum Gasteiger partial charge on any atom is -0.481 e. The van der Waals surface area contributed by atoms with Gasteiger partial charge in [0.25, 0.3) is 5.69 Å². The van der Waals surface area contributed by atoms with Crippen molar-refractivity contribution in [2.45, 2.75) is 12.8 Å². The van der Waals surface area contributed by atoms with Gasteiger partial charge in [0, 0.05) is 18.7 Å². The molecule has 6 nitrogen and oxygen atoms in total. The van der Waals surface area contributed by atoms with Gasteiger partial charge in [-0.05, 0) is 18.9 Å². The van der Waals surface area contributed by atoms with Crippen LogP contribution in [0.5, 0.6) is 0 Å². The zero-order valence-electron chi connectivity index (χ0n) is 9.35. The van der Waals surface area contributed by atoms with E-state index in [4.69, 9.17) is 5.11 Å². The van der Waals surface area contributed by atoms with Crippen LogP contribution in [-0.4, -0.2) is 22.5 Å². The smallest absolute Gasteiger partial charge is 0.311 e. The molecular formula is C11H11FN2O4. The van der Waals surface area contributed by atoms with Crippen LogP contribution in [0.25, 0.3) is 0 Å². The highest BCUT2D eigenvalue weighted by Crippen LogP contribution is 2.46. The summed E-state index contributed by atoms with van der Waals surface area (Å²) >= 11 is 0. The van der Waals surface area contributed by atoms with E-state index in [9.17, 15) is 19.3 Å². The molecule has 0 aliphatic heterocycles. The molecule has 0 spiro atoms. The molecule has 96 valence electrons. The number of nitro benzene ring substituents is 1. The van der Waals surface area contributed by atoms with Crippen molar-refractivity contribution in [3.05, 3.63) is 34.1 Å². The van der Waals surface area contributed by atoms with Gasteiger partial charge in [-0.15, -0.1) is 0 Å². The number of carboxylic acid groups (broad SMARTS) is 1. The number of hydrogen-bond acceptors (Lipinski definition) is 4. The fraction of sp³-hybridized carbons (Fsp3) is 0.364. The molecule has 1 fully saturated rings. The zero-order valence-corrected chi connectivity index (χ0v) is 9.35. The number of rotatable bonds is 5. The molecule has 0 saturated heterocycles. The number of carbonyl (C=O) groups is 1. The minimum atomic E-state index is -0.936. The van der Waals surface area contributed by atoms with Crippen LogP contribution in [0.3, 0.4) is 0 Å². The Labute approximate surface area is 102 Å². The quantitative estimate of drug-likeness (QED) is 0.619. The molecule has 0 aromatic heterocycles. The number of aliphatic carboxylic acids is 1. The standard InChI is InChI=1S/C11H11FN2O4/c12-7-1-2-9(14(17)18)8(5-7)13-6-11(3-4-11)10(15)16/h1-2,5,13H,3-4,6H2,(H,15,16). The lowest BCUT2D eigenvalue weighted by atomic mass is 10.1. The molecule has 0 heterocycles. The molecule has 2 rings (SSSR count). The molecule has 7 heteroatoms. The lowest BCUT2D eigenvalue weighted by Crippen LogP contribution is -2.24. The molecule has 2 N–H and O–H groups in total. The second-order valence-electron chi connectivity index (χ2n) is 4.36. The average molecular weight is 254 g/mol. The number of benzene rings is 1. The third-order valence-electron chi connectivity index (χ3n) is 3.08. The van der Waals surface area contributed by atoms with Crippen molar-refractivity contribution >= 4 is 17.3 Å². The highest BCUT2D eigenvalue weighted by atomic mass is 19.1. The van der Waals surface area contributed by atoms with Crippen molar-refractivity contribution < 1.29 is 19.2 Å². The maximum atomic E-state index is 13.0. The lowest BCUT2D eigenvalue weighted by Gasteiger charge is -2.12. The van der Waals surface area contributed by atoms with E-state index < -0.39 is 22.1 Å². The summed E-state index contributed by atoms with van der Waals surface area (Å²) in [7, 11) is 0. The predicted molar refractivity (Wildman–Crippen MR) is 60.8 cm³/mol. The van der Waals surface area contributed by atoms with Gasteiger partial charge in [-0.1, -0.05) is 0 Å². The molecule has 0 bridgehead atoms. The van der Waals surface area contributed by atoms with Crippen LogP contribution in [0.1, 0.15) is 12.8 Å². The van der Waals surface area contributed by atoms with Gasteiger partial charge in [-0.2, -0.15) is 0 Å². The van der Waals surface area contributed by atoms with Crippen LogP contribution in [0.2, 0.25) is 0 Å². The Morgan fingerprint density at radius 1 is 1.56 bits per heavy atom. The summed E-state index contributed by atoms with van der Waals surface area (Å²) < 4.78 is 13.0. The maximum Gasteiger partial charge on any atom is 0.311 e. The van der Waals surface area contributed by atoms with E-state index in [-0.39, 0.29) is 17.9 Å². The number of carboxylic acids is 1. The van der Waals surface area contributed by atoms with Gasteiger partial charge >= 0.3 is 5.97 Å². The summed E-state index contributed by atoms with van der Waals surface area (Å²) in [5.74, 6) is -1.54. The maximum absolute atomic E-state index is 13.0. The molecule has 0 amide bonds. The van der Waals surface area contributed by atoms with Crippen molar-refractivity contribution in [1.82, 2.24) is 0 Å². The minimum absolute atomic E-state index is 0.00697. The third kappa shape index (κ3) is 2.24. The summed E-state index contributed by atoms with van der Waals surface area (Å²) in [6.45, 7) is 0.0621. The van der Waals surface area contributed by atoms with E-state index in [1.807, 2.05) is 0 Å². The zero-order chi connectivity index (χ0) is 13.3. The molecule has 1 aliphatic rings. The molecule has 0 atom stereocenters. The lowest BCUT2D eigenvalue weighted by molar-refractivity contribution is -0.384. The number of nitro groups is 1. The van der Waals surface area contributed by atoms with E-state index >= 15 is 0 Å². The van der Waals surface area contributed by atoms with E-state index in [1.54, 1.807) is 0 Å². The van der Waals surface area contributed by atoms with Crippen LogP contribution in [0.15, 0.2) is 18.2 Å². The first kappa shape index (κ1) is 12.3. The molecule has 0 unspecified atom stereocenters. The topological polar surface area (TPSA) is 92.5 Å². The van der Waals surface area contributed by atoms with Gasteiger partial charge in [0.2, 0.25) is 0 Å². The summed E-state index contributed by atoms with van der Waals surface area (Å²) in [5.41, 5.74) is -1.12. The highest BCUT2D eigenvalue weighted by molar-refractivity contribution is 5.79. The van der Waals surface area contributed by atoms with E-state index in [2.05, 4.69) is 5.32 Å². The largest absolute Gasteiger partial charge is 0.481 e. The second-order valence-corrected chi connectivity index (χ2v) is 4.36. The van der Waals surface area contributed by atoms with Gasteiger partial charge in [0.1, 0.15) is 11.5 Å². The van der Waals surface area contributed by atoms with Gasteiger partial charge in [0.05, 0.1) is 10.3 Å². The van der Waals surface area contributed by atoms with Crippen molar-refractivity contribution in [3.8, 4) is 0 Å². The predicted octanol–water partition coefficient (Wildman–Crippen LogP) is 2.01. The summed E-state index contributed by atoms with van der Waals surface area (Å²) in [6.07, 6.45) is 1.05. The third-order valence-corrected chi connectivity index (χ3v) is 3.08. The summed E-state index contributed by atoms with van der Waals surface area (Å²) in [4.78, 5) is 21.0. The molecule has 1 aliphatic carbocycles. The van der Waals surface area contributed by atoms with Crippen molar-refractivity contribution in [1.29, 1.82) is 0 Å². The van der Waals surface area contributed by atoms with Crippen LogP contribution >= 0.6 is 0 Å². The number of halogens is 1. The van der Waals surface area contributed by atoms with Crippen LogP contribution in [-0.2, 0) is 4.79 Å². The second kappa shape index (κ2) is 4.25. The van der Waals surface area contributed by atoms with E-state index in [0.29, 0.717) is 12.8 Å². The molecule has 0 radical (unpaired) electrons. The Hall–Kier alpha value is -2.18. The summed E-state index contributed by atoms with van der Waals surface area (Å²) in [5, 5.41) is 22.4. The SMILES string of the molecule is O=C(O)C1(CNc2cc(F)ccc2[N+](=O)[O-])CC1. The van der Waals surface area contributed by atoms with Crippen LogP contribution < -0.4 is 5.32 Å². The first-order valence-corrected chi connectivity index (χ1v) is 5.36. The van der Waals surface area contributed by atoms with E-state index in [1.165, 1.54) is 0 Å². The monoisotopic (exact) mass is 254 g/mol. The first-order valence-electron chi connectivity index (χ1n) is 5.36. The Bertz CT molecular complexity index is 514. The fourth-order valence-corrected chi connectivity index (χ4v) is 1.69. The molecule has 18 heavy (non-hydrogen) atoms. The average Bonchev–Trinajstić information content (AvgIpc) is 3.07. The number of nitrogens with zero attached hydrogens (tertiary/aromatic N) is 1. The van der Waals surface area contributed by atoms with Gasteiger partial charge in [-0.3, -0.25) is 14.9 Å². The highest BCUT2D eigenvalue weighted by Gasteiger charge is 2.50. The van der Waals surface area contributed by atoms with Gasteiger partial charge in [-0.25, -0.2) is 4.39 Å². The van der Waals surface area contributed by atoms with E-state index in [0.717, 1.165) is 18.2 Å². The number of nitrogens with one attached hydrogen (secondary N) is 1.